The van der Waals surface area contributed by atoms with Crippen molar-refractivity contribution >= 4 is 11.9 Å². The van der Waals surface area contributed by atoms with Crippen LogP contribution in [0.4, 0.5) is 13.2 Å². The highest BCUT2D eigenvalue weighted by atomic mass is 19.4. The molecule has 0 fully saturated rings. The Bertz CT molecular complexity index is 1180. The lowest BCUT2D eigenvalue weighted by atomic mass is 10.3. The summed E-state index contributed by atoms with van der Waals surface area (Å²) in [6, 6.07) is 5.00. The van der Waals surface area contributed by atoms with Gasteiger partial charge in [-0.05, 0) is 25.5 Å². The summed E-state index contributed by atoms with van der Waals surface area (Å²) in [6.07, 6.45) is 0.795. The molecule has 0 radical (unpaired) electrons. The van der Waals surface area contributed by atoms with E-state index in [1.165, 1.54) is 0 Å². The van der Waals surface area contributed by atoms with Gasteiger partial charge in [-0.1, -0.05) is 0 Å². The molecule has 0 spiro atoms. The monoisotopic (exact) mass is 467 g/mol. The Balaban J connectivity index is 0.000000383. The summed E-state index contributed by atoms with van der Waals surface area (Å²) in [7, 11) is 0. The number of rotatable bonds is 3. The summed E-state index contributed by atoms with van der Waals surface area (Å²) in [5.74, 6) is -1.33. The van der Waals surface area contributed by atoms with Crippen molar-refractivity contribution in [3.05, 3.63) is 70.3 Å². The number of furan rings is 1. The van der Waals surface area contributed by atoms with E-state index in [2.05, 4.69) is 9.97 Å². The summed E-state index contributed by atoms with van der Waals surface area (Å²) in [4.78, 5) is 44.4. The molecule has 3 aromatic rings. The predicted octanol–water partition coefficient (Wildman–Crippen LogP) is 2.07. The zero-order valence-corrected chi connectivity index (χ0v) is 17.4. The molecule has 0 aliphatic carbocycles. The number of fused-ring (bicyclic) bond motifs is 1. The highest BCUT2D eigenvalue weighted by Gasteiger charge is 2.38. The fraction of sp³-hybridized carbons (Fsp3) is 0.350. The van der Waals surface area contributed by atoms with Crippen LogP contribution in [-0.2, 0) is 24.4 Å². The van der Waals surface area contributed by atoms with Gasteiger partial charge in [0.1, 0.15) is 11.6 Å². The van der Waals surface area contributed by atoms with E-state index < -0.39 is 12.1 Å². The average Bonchev–Trinajstić information content (AvgIpc) is 3.34. The van der Waals surface area contributed by atoms with E-state index in [-0.39, 0.29) is 18.0 Å². The predicted molar refractivity (Wildman–Crippen MR) is 106 cm³/mol. The highest BCUT2D eigenvalue weighted by molar-refractivity contribution is 5.91. The molecule has 10 nitrogen and oxygen atoms in total. The van der Waals surface area contributed by atoms with Gasteiger partial charge in [0.2, 0.25) is 0 Å². The maximum absolute atomic E-state index is 12.7. The van der Waals surface area contributed by atoms with Crippen molar-refractivity contribution in [2.24, 2.45) is 0 Å². The molecule has 1 aliphatic rings. The topological polar surface area (TPSA) is 123 Å². The molecule has 0 atom stereocenters. The van der Waals surface area contributed by atoms with Gasteiger partial charge >= 0.3 is 12.1 Å². The third-order valence-corrected chi connectivity index (χ3v) is 4.67. The Morgan fingerprint density at radius 2 is 1.97 bits per heavy atom. The van der Waals surface area contributed by atoms with Gasteiger partial charge < -0.3 is 19.0 Å². The molecule has 1 N–H and O–H groups in total. The Labute approximate surface area is 184 Å². The van der Waals surface area contributed by atoms with Gasteiger partial charge in [-0.15, -0.1) is 0 Å². The lowest BCUT2D eigenvalue weighted by molar-refractivity contribution is -0.192. The van der Waals surface area contributed by atoms with Crippen molar-refractivity contribution in [1.29, 1.82) is 0 Å². The molecule has 1 aliphatic heterocycles. The maximum Gasteiger partial charge on any atom is 0.490 e. The van der Waals surface area contributed by atoms with E-state index in [0.717, 1.165) is 0 Å². The van der Waals surface area contributed by atoms with Crippen molar-refractivity contribution in [2.45, 2.75) is 39.2 Å². The number of carboxylic acids is 1. The quantitative estimate of drug-likeness (QED) is 0.626. The number of carboxylic acid groups (broad SMARTS) is 1. The summed E-state index contributed by atoms with van der Waals surface area (Å²) in [5, 5.41) is 7.12. The summed E-state index contributed by atoms with van der Waals surface area (Å²) in [5.41, 5.74) is 0.565. The number of amides is 1. The van der Waals surface area contributed by atoms with Gasteiger partial charge in [0.15, 0.2) is 5.76 Å². The summed E-state index contributed by atoms with van der Waals surface area (Å²) >= 11 is 0. The molecule has 4 heterocycles. The molecule has 0 saturated carbocycles. The fourth-order valence-corrected chi connectivity index (χ4v) is 3.16. The number of nitrogens with zero attached hydrogens (tertiary/aromatic N) is 5. The number of aliphatic carboxylic acids is 1. The number of hydrogen-bond acceptors (Lipinski definition) is 6. The van der Waals surface area contributed by atoms with Crippen molar-refractivity contribution in [2.75, 3.05) is 6.54 Å². The first kappa shape index (κ1) is 23.8. The van der Waals surface area contributed by atoms with Crippen LogP contribution in [0.5, 0.6) is 0 Å². The van der Waals surface area contributed by atoms with Gasteiger partial charge in [-0.2, -0.15) is 13.2 Å². The minimum absolute atomic E-state index is 0.0896. The first-order valence-electron chi connectivity index (χ1n) is 9.76. The van der Waals surface area contributed by atoms with Crippen LogP contribution in [0, 0.1) is 6.92 Å². The van der Waals surface area contributed by atoms with E-state index in [1.807, 2.05) is 10.8 Å². The second kappa shape index (κ2) is 9.71. The minimum atomic E-state index is -5.08. The fourth-order valence-electron chi connectivity index (χ4n) is 3.16. The van der Waals surface area contributed by atoms with Gasteiger partial charge in [0, 0.05) is 31.5 Å². The highest BCUT2D eigenvalue weighted by Crippen LogP contribution is 2.16. The largest absolute Gasteiger partial charge is 0.490 e. The molecule has 0 unspecified atom stereocenters. The number of aromatic nitrogens is 4. The van der Waals surface area contributed by atoms with E-state index in [4.69, 9.17) is 14.3 Å². The number of aryl methyl sites for hydroxylation is 1. The van der Waals surface area contributed by atoms with Crippen molar-refractivity contribution in [3.63, 3.8) is 0 Å². The molecule has 13 heteroatoms. The third-order valence-electron chi connectivity index (χ3n) is 4.67. The second-order valence-corrected chi connectivity index (χ2v) is 7.18. The van der Waals surface area contributed by atoms with Gasteiger partial charge in [-0.25, -0.2) is 14.8 Å². The molecule has 0 saturated heterocycles. The van der Waals surface area contributed by atoms with Crippen LogP contribution in [0.25, 0.3) is 0 Å². The number of hydrogen-bond donors (Lipinski definition) is 1. The van der Waals surface area contributed by atoms with Gasteiger partial charge in [0.05, 0.1) is 25.1 Å². The Hall–Kier alpha value is -3.90. The lowest BCUT2D eigenvalue weighted by Crippen LogP contribution is -2.32. The van der Waals surface area contributed by atoms with Crippen LogP contribution in [-0.4, -0.2) is 53.7 Å². The molecular formula is C20H20F3N5O5. The third kappa shape index (κ3) is 6.08. The molecule has 0 bridgehead atoms. The average molecular weight is 467 g/mol. The second-order valence-electron chi connectivity index (χ2n) is 7.18. The SMILES string of the molecule is Cc1ccc(C(=O)N2CCCn3c(nc(Cn4ccnc4)cc3=O)C2)o1.O=C(O)C(F)(F)F. The Morgan fingerprint density at radius 3 is 2.55 bits per heavy atom. The first-order valence-corrected chi connectivity index (χ1v) is 9.76. The van der Waals surface area contributed by atoms with E-state index in [1.54, 1.807) is 47.1 Å². The summed E-state index contributed by atoms with van der Waals surface area (Å²) < 4.78 is 40.7. The van der Waals surface area contributed by atoms with E-state index in [0.29, 0.717) is 49.1 Å². The Kier molecular flexibility index (Phi) is 6.99. The normalized spacial score (nSPS) is 13.5. The van der Waals surface area contributed by atoms with Crippen molar-refractivity contribution in [3.8, 4) is 0 Å². The molecule has 1 amide bonds. The number of carbonyl (C=O) groups is 2. The molecular weight excluding hydrogens is 447 g/mol. The van der Waals surface area contributed by atoms with Crippen LogP contribution in [0.1, 0.15) is 34.3 Å². The van der Waals surface area contributed by atoms with E-state index in [9.17, 15) is 22.8 Å². The molecule has 4 rings (SSSR count). The minimum Gasteiger partial charge on any atom is -0.475 e. The van der Waals surface area contributed by atoms with Crippen LogP contribution in [0.15, 0.2) is 46.1 Å². The molecule has 33 heavy (non-hydrogen) atoms. The number of imidazole rings is 1. The molecule has 0 aromatic carbocycles. The molecule has 3 aromatic heterocycles. The Morgan fingerprint density at radius 1 is 1.24 bits per heavy atom. The summed E-state index contributed by atoms with van der Waals surface area (Å²) in [6.45, 7) is 3.66. The zero-order chi connectivity index (χ0) is 24.2. The van der Waals surface area contributed by atoms with Gasteiger partial charge in [-0.3, -0.25) is 14.2 Å². The number of alkyl halides is 3. The molecule has 176 valence electrons. The van der Waals surface area contributed by atoms with Crippen molar-refractivity contribution in [1.82, 2.24) is 24.0 Å². The smallest absolute Gasteiger partial charge is 0.475 e. The van der Waals surface area contributed by atoms with Crippen LogP contribution < -0.4 is 5.56 Å². The first-order chi connectivity index (χ1) is 15.5. The van der Waals surface area contributed by atoms with Crippen molar-refractivity contribution < 1.29 is 32.3 Å². The van der Waals surface area contributed by atoms with Crippen LogP contribution in [0.2, 0.25) is 0 Å². The van der Waals surface area contributed by atoms with Crippen LogP contribution >= 0.6 is 0 Å². The number of carbonyl (C=O) groups excluding carboxylic acids is 1. The number of halogens is 3. The van der Waals surface area contributed by atoms with Crippen LogP contribution in [0.3, 0.4) is 0 Å². The maximum atomic E-state index is 12.7. The standard InChI is InChI=1S/C18H19N5O3.C2HF3O2/c1-13-3-4-15(26-13)18(25)22-6-2-7-23-16(11-22)20-14(9-17(23)24)10-21-8-5-19-12-21;3-2(4,5)1(6)7/h3-5,8-9,12H,2,6-7,10-11H2,1H3;(H,6,7). The lowest BCUT2D eigenvalue weighted by Gasteiger charge is -2.19. The zero-order valence-electron chi connectivity index (χ0n) is 17.4. The van der Waals surface area contributed by atoms with Gasteiger partial charge in [0.25, 0.3) is 11.5 Å². The van der Waals surface area contributed by atoms with E-state index >= 15 is 0 Å².